The summed E-state index contributed by atoms with van der Waals surface area (Å²) >= 11 is 0. The van der Waals surface area contributed by atoms with Gasteiger partial charge in [0.05, 0.1) is 12.2 Å². The molecule has 0 aliphatic heterocycles. The van der Waals surface area contributed by atoms with Gasteiger partial charge in [0, 0.05) is 13.7 Å². The molecule has 2 N–H and O–H groups in total. The Morgan fingerprint density at radius 2 is 1.75 bits per heavy atom. The molecule has 0 aromatic heterocycles. The predicted octanol–water partition coefficient (Wildman–Crippen LogP) is 0.935. The highest BCUT2D eigenvalue weighted by atomic mass is 16.5. The third-order valence-corrected chi connectivity index (χ3v) is 1.88. The first-order valence-electron chi connectivity index (χ1n) is 4.57. The minimum Gasteiger partial charge on any atom is -0.390 e. The number of hydrogen-bond donors (Lipinski definition) is 2. The number of rotatable bonds is 7. The summed E-state index contributed by atoms with van der Waals surface area (Å²) in [5.74, 6) is 0. The van der Waals surface area contributed by atoms with Crippen LogP contribution in [0, 0.1) is 0 Å². The Kier molecular flexibility index (Phi) is 7.45. The van der Waals surface area contributed by atoms with Crippen LogP contribution in [0.15, 0.2) is 0 Å². The van der Waals surface area contributed by atoms with Gasteiger partial charge >= 0.3 is 0 Å². The highest BCUT2D eigenvalue weighted by Crippen LogP contribution is 2.07. The molecule has 0 radical (unpaired) electrons. The molecule has 0 spiro atoms. The summed E-state index contributed by atoms with van der Waals surface area (Å²) in [4.78, 5) is 0. The van der Waals surface area contributed by atoms with Gasteiger partial charge < -0.3 is 14.9 Å². The molecule has 0 aromatic carbocycles. The second-order valence-electron chi connectivity index (χ2n) is 3.06. The number of hydrogen-bond acceptors (Lipinski definition) is 3. The highest BCUT2D eigenvalue weighted by molar-refractivity contribution is 4.66. The third kappa shape index (κ3) is 5.52. The molecule has 0 amide bonds. The van der Waals surface area contributed by atoms with Gasteiger partial charge in [0.1, 0.15) is 0 Å². The summed E-state index contributed by atoms with van der Waals surface area (Å²) in [5, 5.41) is 18.7. The molecule has 12 heavy (non-hydrogen) atoms. The number of methoxy groups -OCH3 is 1. The van der Waals surface area contributed by atoms with Gasteiger partial charge in [0.2, 0.25) is 0 Å². The maximum Gasteiger partial charge on any atom is 0.0800 e. The molecule has 74 valence electrons. The van der Waals surface area contributed by atoms with Gasteiger partial charge in [-0.1, -0.05) is 13.3 Å². The van der Waals surface area contributed by atoms with E-state index in [1.807, 2.05) is 6.92 Å². The van der Waals surface area contributed by atoms with Gasteiger partial charge in [-0.3, -0.25) is 0 Å². The van der Waals surface area contributed by atoms with Crippen LogP contribution in [0.2, 0.25) is 0 Å². The summed E-state index contributed by atoms with van der Waals surface area (Å²) in [5.41, 5.74) is 0. The summed E-state index contributed by atoms with van der Waals surface area (Å²) < 4.78 is 4.84. The fourth-order valence-electron chi connectivity index (χ4n) is 1.12. The van der Waals surface area contributed by atoms with Crippen molar-refractivity contribution in [3.8, 4) is 0 Å². The van der Waals surface area contributed by atoms with E-state index in [0.717, 1.165) is 12.8 Å². The summed E-state index contributed by atoms with van der Waals surface area (Å²) in [7, 11) is 1.63. The fourth-order valence-corrected chi connectivity index (χ4v) is 1.12. The zero-order valence-electron chi connectivity index (χ0n) is 7.99. The first-order valence-corrected chi connectivity index (χ1v) is 4.57. The standard InChI is InChI=1S/C9H20O3/c1-3-5-8(10)9(11)6-4-7-12-2/h8-11H,3-7H2,1-2H3. The summed E-state index contributed by atoms with van der Waals surface area (Å²) in [6.45, 7) is 2.64. The minimum absolute atomic E-state index is 0.563. The second-order valence-corrected chi connectivity index (χ2v) is 3.06. The van der Waals surface area contributed by atoms with E-state index in [0.29, 0.717) is 19.4 Å². The van der Waals surface area contributed by atoms with Crippen LogP contribution in [-0.4, -0.2) is 36.1 Å². The van der Waals surface area contributed by atoms with Crippen molar-refractivity contribution in [3.63, 3.8) is 0 Å². The predicted molar refractivity (Wildman–Crippen MR) is 48.0 cm³/mol. The second kappa shape index (κ2) is 7.53. The van der Waals surface area contributed by atoms with Crippen LogP contribution in [0.25, 0.3) is 0 Å². The lowest BCUT2D eigenvalue weighted by Crippen LogP contribution is -2.25. The molecule has 0 heterocycles. The Bertz CT molecular complexity index is 95.8. The molecule has 0 aliphatic carbocycles. The Labute approximate surface area is 74.4 Å². The van der Waals surface area contributed by atoms with E-state index in [-0.39, 0.29) is 0 Å². The van der Waals surface area contributed by atoms with E-state index in [4.69, 9.17) is 4.74 Å². The van der Waals surface area contributed by atoms with E-state index >= 15 is 0 Å². The first-order chi connectivity index (χ1) is 5.72. The normalized spacial score (nSPS) is 16.0. The Morgan fingerprint density at radius 1 is 1.17 bits per heavy atom. The van der Waals surface area contributed by atoms with E-state index in [9.17, 15) is 10.2 Å². The monoisotopic (exact) mass is 176 g/mol. The maximum absolute atomic E-state index is 9.37. The molecule has 0 rings (SSSR count). The maximum atomic E-state index is 9.37. The molecule has 3 heteroatoms. The number of ether oxygens (including phenoxy) is 1. The fraction of sp³-hybridized carbons (Fsp3) is 1.00. The molecule has 2 unspecified atom stereocenters. The molecule has 2 atom stereocenters. The lowest BCUT2D eigenvalue weighted by Gasteiger charge is -2.16. The van der Waals surface area contributed by atoms with Crippen molar-refractivity contribution in [1.29, 1.82) is 0 Å². The number of aliphatic hydroxyl groups is 2. The van der Waals surface area contributed by atoms with E-state index in [2.05, 4.69) is 0 Å². The van der Waals surface area contributed by atoms with Crippen LogP contribution in [0.5, 0.6) is 0 Å². The van der Waals surface area contributed by atoms with Gasteiger partial charge in [0.25, 0.3) is 0 Å². The molecule has 0 aliphatic rings. The Morgan fingerprint density at radius 3 is 2.25 bits per heavy atom. The van der Waals surface area contributed by atoms with Gasteiger partial charge in [-0.2, -0.15) is 0 Å². The minimum atomic E-state index is -0.583. The average Bonchev–Trinajstić information content (AvgIpc) is 2.05. The van der Waals surface area contributed by atoms with Gasteiger partial charge in [-0.05, 0) is 19.3 Å². The molecule has 0 aromatic rings. The van der Waals surface area contributed by atoms with Crippen molar-refractivity contribution >= 4 is 0 Å². The highest BCUT2D eigenvalue weighted by Gasteiger charge is 2.13. The molecule has 3 nitrogen and oxygen atoms in total. The zero-order chi connectivity index (χ0) is 9.40. The Balaban J connectivity index is 3.35. The van der Waals surface area contributed by atoms with E-state index in [1.54, 1.807) is 7.11 Å². The molecule has 0 bridgehead atoms. The summed E-state index contributed by atoms with van der Waals surface area (Å²) in [6, 6.07) is 0. The smallest absolute Gasteiger partial charge is 0.0800 e. The molecule has 0 saturated carbocycles. The van der Waals surface area contributed by atoms with Crippen molar-refractivity contribution in [1.82, 2.24) is 0 Å². The number of aliphatic hydroxyl groups excluding tert-OH is 2. The van der Waals surface area contributed by atoms with Crippen molar-refractivity contribution in [3.05, 3.63) is 0 Å². The van der Waals surface area contributed by atoms with Crippen molar-refractivity contribution in [2.24, 2.45) is 0 Å². The van der Waals surface area contributed by atoms with Gasteiger partial charge in [-0.15, -0.1) is 0 Å². The van der Waals surface area contributed by atoms with Crippen LogP contribution < -0.4 is 0 Å². The lowest BCUT2D eigenvalue weighted by molar-refractivity contribution is 0.00504. The van der Waals surface area contributed by atoms with Crippen LogP contribution in [-0.2, 0) is 4.74 Å². The van der Waals surface area contributed by atoms with E-state index < -0.39 is 12.2 Å². The van der Waals surface area contributed by atoms with Crippen LogP contribution >= 0.6 is 0 Å². The molecular formula is C9H20O3. The molecule has 0 fully saturated rings. The third-order valence-electron chi connectivity index (χ3n) is 1.88. The van der Waals surface area contributed by atoms with E-state index in [1.165, 1.54) is 0 Å². The van der Waals surface area contributed by atoms with Crippen molar-refractivity contribution in [2.45, 2.75) is 44.8 Å². The quantitative estimate of drug-likeness (QED) is 0.567. The van der Waals surface area contributed by atoms with Gasteiger partial charge in [0.15, 0.2) is 0 Å². The SMILES string of the molecule is CCCC(O)C(O)CCCOC. The van der Waals surface area contributed by atoms with Crippen molar-refractivity contribution < 1.29 is 14.9 Å². The van der Waals surface area contributed by atoms with Crippen LogP contribution in [0.1, 0.15) is 32.6 Å². The molecular weight excluding hydrogens is 156 g/mol. The van der Waals surface area contributed by atoms with Crippen molar-refractivity contribution in [2.75, 3.05) is 13.7 Å². The largest absolute Gasteiger partial charge is 0.390 e. The summed E-state index contributed by atoms with van der Waals surface area (Å²) in [6.07, 6.45) is 1.86. The molecule has 0 saturated heterocycles. The first kappa shape index (κ1) is 11.9. The topological polar surface area (TPSA) is 49.7 Å². The average molecular weight is 176 g/mol. The zero-order valence-corrected chi connectivity index (χ0v) is 7.99. The van der Waals surface area contributed by atoms with Gasteiger partial charge in [-0.25, -0.2) is 0 Å². The Hall–Kier alpha value is -0.120. The van der Waals surface area contributed by atoms with Crippen LogP contribution in [0.3, 0.4) is 0 Å². The van der Waals surface area contributed by atoms with Crippen LogP contribution in [0.4, 0.5) is 0 Å². The lowest BCUT2D eigenvalue weighted by atomic mass is 10.1.